The molecule has 0 spiro atoms. The maximum Gasteiger partial charge on any atom is 0.331 e. The van der Waals surface area contributed by atoms with Crippen molar-refractivity contribution in [2.75, 3.05) is 26.4 Å². The van der Waals surface area contributed by atoms with Crippen molar-refractivity contribution in [3.8, 4) is 0 Å². The molecule has 0 aromatic heterocycles. The molecule has 0 amide bonds. The highest BCUT2D eigenvalue weighted by Crippen LogP contribution is 2.21. The standard InChI is InChI=1S/C18H20O10/c1-4-14(21)25-9-18(10-26-15(22)5-2,11-27-16(23)6-3)12-28-17(24)8-7-13(19)20/h4-8H,1-3,9-12H2,(H,19,20)/b8-7-. The van der Waals surface area contributed by atoms with Crippen molar-refractivity contribution in [1.29, 1.82) is 0 Å². The molecule has 1 N–H and O–H groups in total. The summed E-state index contributed by atoms with van der Waals surface area (Å²) in [5, 5.41) is 8.51. The Hall–Kier alpha value is -3.69. The van der Waals surface area contributed by atoms with Gasteiger partial charge in [0.05, 0.1) is 0 Å². The lowest BCUT2D eigenvalue weighted by molar-refractivity contribution is -0.164. The number of aliphatic carboxylic acids is 1. The van der Waals surface area contributed by atoms with Crippen LogP contribution in [0.1, 0.15) is 0 Å². The minimum Gasteiger partial charge on any atom is -0.478 e. The fourth-order valence-electron chi connectivity index (χ4n) is 1.51. The Morgan fingerprint density at radius 1 is 0.643 bits per heavy atom. The second kappa shape index (κ2) is 12.6. The maximum atomic E-state index is 11.6. The van der Waals surface area contributed by atoms with E-state index in [-0.39, 0.29) is 0 Å². The van der Waals surface area contributed by atoms with E-state index in [0.717, 1.165) is 18.2 Å². The summed E-state index contributed by atoms with van der Waals surface area (Å²) in [6.07, 6.45) is 3.82. The first-order valence-electron chi connectivity index (χ1n) is 7.63. The van der Waals surface area contributed by atoms with Crippen LogP contribution in [-0.2, 0) is 42.9 Å². The zero-order valence-corrected chi connectivity index (χ0v) is 15.0. The molecule has 0 aliphatic carbocycles. The molecule has 0 saturated heterocycles. The normalized spacial score (nSPS) is 10.4. The van der Waals surface area contributed by atoms with Crippen LogP contribution in [0.4, 0.5) is 0 Å². The largest absolute Gasteiger partial charge is 0.478 e. The van der Waals surface area contributed by atoms with E-state index in [4.69, 9.17) is 24.1 Å². The maximum absolute atomic E-state index is 11.6. The SMILES string of the molecule is C=CC(=O)OCC(COC(=O)C=C)(COC(=O)C=C)COC(=O)/C=C\C(=O)O. The number of hydrogen-bond acceptors (Lipinski definition) is 9. The van der Waals surface area contributed by atoms with Crippen LogP contribution >= 0.6 is 0 Å². The molecule has 0 atom stereocenters. The van der Waals surface area contributed by atoms with Crippen LogP contribution in [0.25, 0.3) is 0 Å². The molecule has 0 bridgehead atoms. The highest BCUT2D eigenvalue weighted by molar-refractivity contribution is 5.90. The van der Waals surface area contributed by atoms with Crippen LogP contribution in [0.3, 0.4) is 0 Å². The van der Waals surface area contributed by atoms with Gasteiger partial charge in [-0.3, -0.25) is 0 Å². The monoisotopic (exact) mass is 396 g/mol. The molecule has 152 valence electrons. The molecule has 0 fully saturated rings. The molecular formula is C18H20O10. The third kappa shape index (κ3) is 10.3. The lowest BCUT2D eigenvalue weighted by Crippen LogP contribution is -2.43. The van der Waals surface area contributed by atoms with Crippen molar-refractivity contribution in [1.82, 2.24) is 0 Å². The first kappa shape index (κ1) is 24.3. The lowest BCUT2D eigenvalue weighted by atomic mass is 9.92. The smallest absolute Gasteiger partial charge is 0.331 e. The fourth-order valence-corrected chi connectivity index (χ4v) is 1.51. The van der Waals surface area contributed by atoms with Crippen LogP contribution in [0.2, 0.25) is 0 Å². The molecule has 0 unspecified atom stereocenters. The summed E-state index contributed by atoms with van der Waals surface area (Å²) in [6.45, 7) is 7.69. The van der Waals surface area contributed by atoms with Crippen LogP contribution in [0.15, 0.2) is 50.1 Å². The summed E-state index contributed by atoms with van der Waals surface area (Å²) in [7, 11) is 0. The van der Waals surface area contributed by atoms with Gasteiger partial charge in [0.2, 0.25) is 0 Å². The Kier molecular flexibility index (Phi) is 11.0. The van der Waals surface area contributed by atoms with Crippen molar-refractivity contribution in [2.24, 2.45) is 5.41 Å². The number of rotatable bonds is 13. The van der Waals surface area contributed by atoms with E-state index in [0.29, 0.717) is 12.2 Å². The second-order valence-electron chi connectivity index (χ2n) is 5.21. The number of carboxylic acids is 1. The molecule has 0 radical (unpaired) electrons. The van der Waals surface area contributed by atoms with Gasteiger partial charge in [0.15, 0.2) is 0 Å². The summed E-state index contributed by atoms with van der Waals surface area (Å²) < 4.78 is 19.7. The van der Waals surface area contributed by atoms with Gasteiger partial charge in [-0.2, -0.15) is 0 Å². The van der Waals surface area contributed by atoms with Gasteiger partial charge in [0.25, 0.3) is 0 Å². The molecule has 28 heavy (non-hydrogen) atoms. The van der Waals surface area contributed by atoms with E-state index in [2.05, 4.69) is 19.7 Å². The van der Waals surface area contributed by atoms with Crippen molar-refractivity contribution in [3.63, 3.8) is 0 Å². The summed E-state index contributed by atoms with van der Waals surface area (Å²) in [5.41, 5.74) is -1.48. The highest BCUT2D eigenvalue weighted by Gasteiger charge is 2.37. The number of carbonyl (C=O) groups is 5. The molecule has 0 aliphatic rings. The van der Waals surface area contributed by atoms with Crippen LogP contribution in [0, 0.1) is 5.41 Å². The van der Waals surface area contributed by atoms with Gasteiger partial charge < -0.3 is 24.1 Å². The van der Waals surface area contributed by atoms with Crippen LogP contribution in [-0.4, -0.2) is 61.4 Å². The van der Waals surface area contributed by atoms with Crippen molar-refractivity contribution in [3.05, 3.63) is 50.1 Å². The predicted molar refractivity (Wildman–Crippen MR) is 93.6 cm³/mol. The third-order valence-corrected chi connectivity index (χ3v) is 2.94. The summed E-state index contributed by atoms with van der Waals surface area (Å²) in [4.78, 5) is 56.2. The van der Waals surface area contributed by atoms with E-state index in [1.54, 1.807) is 0 Å². The summed E-state index contributed by atoms with van der Waals surface area (Å²) >= 11 is 0. The average molecular weight is 396 g/mol. The Morgan fingerprint density at radius 3 is 1.25 bits per heavy atom. The molecule has 10 nitrogen and oxygen atoms in total. The van der Waals surface area contributed by atoms with E-state index >= 15 is 0 Å². The van der Waals surface area contributed by atoms with Gasteiger partial charge in [-0.15, -0.1) is 0 Å². The minimum absolute atomic E-state index is 0.484. The molecule has 10 heteroatoms. The Balaban J connectivity index is 5.47. The molecule has 0 saturated carbocycles. The molecular weight excluding hydrogens is 376 g/mol. The van der Waals surface area contributed by atoms with Gasteiger partial charge in [-0.1, -0.05) is 19.7 Å². The molecule has 0 aromatic carbocycles. The molecule has 0 rings (SSSR count). The first-order chi connectivity index (χ1) is 13.2. The number of carbonyl (C=O) groups excluding carboxylic acids is 4. The Labute approximate surface area is 160 Å². The average Bonchev–Trinajstić information content (AvgIpc) is 2.69. The van der Waals surface area contributed by atoms with Gasteiger partial charge in [0.1, 0.15) is 31.8 Å². The molecule has 0 aromatic rings. The van der Waals surface area contributed by atoms with Gasteiger partial charge in [0, 0.05) is 30.4 Å². The number of ether oxygens (including phenoxy) is 4. The van der Waals surface area contributed by atoms with Crippen molar-refractivity contribution < 1.29 is 48.0 Å². The second-order valence-corrected chi connectivity index (χ2v) is 5.21. The Morgan fingerprint density at radius 2 is 0.964 bits per heavy atom. The lowest BCUT2D eigenvalue weighted by Gasteiger charge is -2.31. The fraction of sp³-hybridized carbons (Fsp3) is 0.278. The van der Waals surface area contributed by atoms with E-state index in [1.165, 1.54) is 0 Å². The van der Waals surface area contributed by atoms with Gasteiger partial charge >= 0.3 is 29.8 Å². The van der Waals surface area contributed by atoms with Crippen molar-refractivity contribution >= 4 is 29.8 Å². The third-order valence-electron chi connectivity index (χ3n) is 2.94. The van der Waals surface area contributed by atoms with Crippen molar-refractivity contribution in [2.45, 2.75) is 0 Å². The first-order valence-corrected chi connectivity index (χ1v) is 7.63. The number of carboxylic acid groups (broad SMARTS) is 1. The topological polar surface area (TPSA) is 142 Å². The number of esters is 4. The zero-order chi connectivity index (χ0) is 21.6. The van der Waals surface area contributed by atoms with Crippen LogP contribution in [0.5, 0.6) is 0 Å². The summed E-state index contributed by atoms with van der Waals surface area (Å²) in [5.74, 6) is -4.89. The van der Waals surface area contributed by atoms with Gasteiger partial charge in [-0.25, -0.2) is 24.0 Å². The van der Waals surface area contributed by atoms with E-state index < -0.39 is 61.7 Å². The quantitative estimate of drug-likeness (QED) is 0.263. The molecule has 0 aliphatic heterocycles. The number of hydrogen-bond donors (Lipinski definition) is 1. The Bertz CT molecular complexity index is 614. The van der Waals surface area contributed by atoms with Crippen LogP contribution < -0.4 is 0 Å². The zero-order valence-electron chi connectivity index (χ0n) is 15.0. The van der Waals surface area contributed by atoms with E-state index in [1.807, 2.05) is 0 Å². The molecule has 0 heterocycles. The predicted octanol–water partition coefficient (Wildman–Crippen LogP) is 0.344. The van der Waals surface area contributed by atoms with E-state index in [9.17, 15) is 24.0 Å². The van der Waals surface area contributed by atoms with Gasteiger partial charge in [-0.05, 0) is 0 Å². The highest BCUT2D eigenvalue weighted by atomic mass is 16.6. The minimum atomic E-state index is -1.48. The summed E-state index contributed by atoms with van der Waals surface area (Å²) in [6, 6.07) is 0.